The molecule has 0 spiro atoms. The lowest BCUT2D eigenvalue weighted by Gasteiger charge is -2.29. The maximum absolute atomic E-state index is 13.2. The van der Waals surface area contributed by atoms with Crippen molar-refractivity contribution in [2.75, 3.05) is 13.1 Å². The number of amides is 2. The first-order chi connectivity index (χ1) is 24.8. The second-order valence-corrected chi connectivity index (χ2v) is 20.7. The molecule has 4 N–H and O–H groups in total. The Labute approximate surface area is 331 Å². The van der Waals surface area contributed by atoms with Crippen LogP contribution in [0.25, 0.3) is 0 Å². The van der Waals surface area contributed by atoms with E-state index >= 15 is 0 Å². The molecule has 4 atom stereocenters. The van der Waals surface area contributed by atoms with E-state index in [1.165, 1.54) is 0 Å². The van der Waals surface area contributed by atoms with Crippen LogP contribution in [-0.2, 0) is 20.4 Å². The van der Waals surface area contributed by atoms with Gasteiger partial charge in [-0.2, -0.15) is 0 Å². The lowest BCUT2D eigenvalue weighted by Crippen LogP contribution is -2.27. The summed E-state index contributed by atoms with van der Waals surface area (Å²) in [6, 6.07) is 11.8. The highest BCUT2D eigenvalue weighted by Gasteiger charge is 2.27. The molecule has 0 aliphatic carbocycles. The highest BCUT2D eigenvalue weighted by atomic mass is 16.3. The average Bonchev–Trinajstić information content (AvgIpc) is 3.04. The van der Waals surface area contributed by atoms with Crippen molar-refractivity contribution in [1.82, 2.24) is 10.6 Å². The quantitative estimate of drug-likeness (QED) is 0.108. The zero-order chi connectivity index (χ0) is 41.1. The van der Waals surface area contributed by atoms with Crippen molar-refractivity contribution < 1.29 is 19.8 Å². The monoisotopic (exact) mass is 749 g/mol. The SMILES string of the molecule is CC(CCC(CC(=O)NCCCCCCNC(=O)CC(CCC(C)C(C)(C)C)c1ccc(O)c(C(C)(C)C)c1)c1ccc(O)c(C(C)(C)C)c1)C(C)(C)C. The van der Waals surface area contributed by atoms with Gasteiger partial charge in [0, 0.05) is 25.9 Å². The van der Waals surface area contributed by atoms with Crippen LogP contribution in [0, 0.1) is 22.7 Å². The number of hydrogen-bond acceptors (Lipinski definition) is 4. The Morgan fingerprint density at radius 2 is 0.870 bits per heavy atom. The average molecular weight is 749 g/mol. The van der Waals surface area contributed by atoms with Crippen LogP contribution in [0.4, 0.5) is 0 Å². The van der Waals surface area contributed by atoms with Crippen molar-refractivity contribution in [3.63, 3.8) is 0 Å². The van der Waals surface area contributed by atoms with Crippen LogP contribution in [0.1, 0.15) is 195 Å². The normalized spacial score (nSPS) is 15.0. The third-order valence-corrected chi connectivity index (χ3v) is 12.1. The van der Waals surface area contributed by atoms with Crippen molar-refractivity contribution in [1.29, 1.82) is 0 Å². The number of phenols is 2. The van der Waals surface area contributed by atoms with Crippen LogP contribution in [-0.4, -0.2) is 35.1 Å². The predicted octanol–water partition coefficient (Wildman–Crippen LogP) is 12.1. The smallest absolute Gasteiger partial charge is 0.220 e. The summed E-state index contributed by atoms with van der Waals surface area (Å²) >= 11 is 0. The molecule has 2 amide bonds. The number of carbonyl (C=O) groups excluding carboxylic acids is 2. The fourth-order valence-electron chi connectivity index (χ4n) is 7.01. The molecule has 2 aromatic rings. The van der Waals surface area contributed by atoms with E-state index < -0.39 is 0 Å². The molecule has 0 aromatic heterocycles. The van der Waals surface area contributed by atoms with Crippen LogP contribution in [0.15, 0.2) is 36.4 Å². The lowest BCUT2D eigenvalue weighted by molar-refractivity contribution is -0.122. The predicted molar refractivity (Wildman–Crippen MR) is 229 cm³/mol. The van der Waals surface area contributed by atoms with Crippen molar-refractivity contribution >= 4 is 11.8 Å². The minimum Gasteiger partial charge on any atom is -0.508 e. The van der Waals surface area contributed by atoms with Crippen LogP contribution in [0.3, 0.4) is 0 Å². The second kappa shape index (κ2) is 20.2. The molecule has 0 fully saturated rings. The minimum absolute atomic E-state index is 0.0794. The summed E-state index contributed by atoms with van der Waals surface area (Å²) in [6.45, 7) is 32.2. The van der Waals surface area contributed by atoms with Gasteiger partial charge in [-0.15, -0.1) is 0 Å². The van der Waals surface area contributed by atoms with Crippen molar-refractivity contribution in [3.05, 3.63) is 58.7 Å². The summed E-state index contributed by atoms with van der Waals surface area (Å²) in [5.41, 5.74) is 4.12. The maximum atomic E-state index is 13.2. The Balaban J connectivity index is 1.88. The van der Waals surface area contributed by atoms with Crippen LogP contribution in [0.5, 0.6) is 11.5 Å². The topological polar surface area (TPSA) is 98.7 Å². The van der Waals surface area contributed by atoms with E-state index in [2.05, 4.69) is 120 Å². The van der Waals surface area contributed by atoms with E-state index in [1.807, 2.05) is 12.1 Å². The van der Waals surface area contributed by atoms with Gasteiger partial charge in [0.05, 0.1) is 0 Å². The highest BCUT2D eigenvalue weighted by Crippen LogP contribution is 2.39. The summed E-state index contributed by atoms with van der Waals surface area (Å²) in [5.74, 6) is 2.02. The third kappa shape index (κ3) is 16.0. The molecule has 0 saturated carbocycles. The van der Waals surface area contributed by atoms with Gasteiger partial charge in [-0.25, -0.2) is 0 Å². The van der Waals surface area contributed by atoms with Crippen LogP contribution >= 0.6 is 0 Å². The van der Waals surface area contributed by atoms with Gasteiger partial charge in [-0.05, 0) is 118 Å². The minimum atomic E-state index is -0.189. The first-order valence-electron chi connectivity index (χ1n) is 21.0. The van der Waals surface area contributed by atoms with Gasteiger partial charge in [0.1, 0.15) is 11.5 Å². The van der Waals surface area contributed by atoms with Crippen molar-refractivity contribution in [2.45, 2.75) is 184 Å². The molecule has 6 nitrogen and oxygen atoms in total. The van der Waals surface area contributed by atoms with E-state index in [1.54, 1.807) is 12.1 Å². The number of nitrogens with one attached hydrogen (secondary N) is 2. The zero-order valence-electron chi connectivity index (χ0n) is 37.0. The van der Waals surface area contributed by atoms with E-state index in [0.717, 1.165) is 73.6 Å². The fraction of sp³-hybridized carbons (Fsp3) is 0.708. The number of aromatic hydroxyl groups is 2. The molecule has 0 aliphatic heterocycles. The van der Waals surface area contributed by atoms with E-state index in [9.17, 15) is 19.8 Å². The highest BCUT2D eigenvalue weighted by molar-refractivity contribution is 5.77. The molecule has 0 aliphatic rings. The molecule has 0 heterocycles. The molecule has 2 rings (SSSR count). The lowest BCUT2D eigenvalue weighted by atomic mass is 9.76. The van der Waals surface area contributed by atoms with Gasteiger partial charge in [-0.1, -0.05) is 134 Å². The Hall–Kier alpha value is -3.02. The second-order valence-electron chi connectivity index (χ2n) is 20.7. The molecule has 306 valence electrons. The zero-order valence-corrected chi connectivity index (χ0v) is 37.0. The molecule has 6 heteroatoms. The molecular formula is C48H80N2O4. The van der Waals surface area contributed by atoms with Crippen molar-refractivity contribution in [2.24, 2.45) is 22.7 Å². The summed E-state index contributed by atoms with van der Waals surface area (Å²) < 4.78 is 0. The largest absolute Gasteiger partial charge is 0.508 e. The van der Waals surface area contributed by atoms with Gasteiger partial charge < -0.3 is 20.8 Å². The number of unbranched alkanes of at least 4 members (excludes halogenated alkanes) is 3. The Kier molecular flexibility index (Phi) is 17.7. The van der Waals surface area contributed by atoms with E-state index in [4.69, 9.17) is 0 Å². The van der Waals surface area contributed by atoms with Gasteiger partial charge in [0.2, 0.25) is 11.8 Å². The van der Waals surface area contributed by atoms with Gasteiger partial charge in [0.15, 0.2) is 0 Å². The van der Waals surface area contributed by atoms with Crippen LogP contribution in [0.2, 0.25) is 0 Å². The van der Waals surface area contributed by atoms with Crippen LogP contribution < -0.4 is 10.6 Å². The molecule has 0 saturated heterocycles. The number of carbonyl (C=O) groups is 2. The standard InChI is InChI=1S/C48H80N2O4/c1-33(45(3,4)5)19-21-37(35-23-25-41(51)39(29-35)47(9,10)11)31-43(53)49-27-17-15-16-18-28-50-44(54)32-38(22-20-34(2)46(6,7)8)36-24-26-42(52)40(30-36)48(12,13)14/h23-26,29-30,33-34,37-38,51-52H,15-22,27-28,31-32H2,1-14H3,(H,49,53)(H,50,54). The summed E-state index contributed by atoms with van der Waals surface area (Å²) in [5, 5.41) is 27.5. The van der Waals surface area contributed by atoms with Gasteiger partial charge in [0.25, 0.3) is 0 Å². The number of hydrogen-bond donors (Lipinski definition) is 4. The number of benzene rings is 2. The molecule has 0 bridgehead atoms. The Bertz CT molecular complexity index is 1360. The first-order valence-corrected chi connectivity index (χ1v) is 21.0. The molecule has 4 unspecified atom stereocenters. The van der Waals surface area contributed by atoms with Crippen molar-refractivity contribution in [3.8, 4) is 11.5 Å². The molecule has 54 heavy (non-hydrogen) atoms. The molecule has 2 aromatic carbocycles. The molecular weight excluding hydrogens is 669 g/mol. The maximum Gasteiger partial charge on any atom is 0.220 e. The Morgan fingerprint density at radius 1 is 0.537 bits per heavy atom. The van der Waals surface area contributed by atoms with E-state index in [-0.39, 0.29) is 45.3 Å². The van der Waals surface area contributed by atoms with Gasteiger partial charge >= 0.3 is 0 Å². The summed E-state index contributed by atoms with van der Waals surface area (Å²) in [7, 11) is 0. The number of rotatable bonds is 19. The van der Waals surface area contributed by atoms with Gasteiger partial charge in [-0.3, -0.25) is 9.59 Å². The Morgan fingerprint density at radius 3 is 1.17 bits per heavy atom. The number of phenolic OH excluding ortho intramolecular Hbond substituents is 2. The summed E-state index contributed by atoms with van der Waals surface area (Å²) in [6.07, 6.45) is 8.60. The fourth-order valence-corrected chi connectivity index (χ4v) is 7.01. The molecule has 0 radical (unpaired) electrons. The summed E-state index contributed by atoms with van der Waals surface area (Å²) in [4.78, 5) is 26.4. The third-order valence-electron chi connectivity index (χ3n) is 12.1. The first kappa shape index (κ1) is 47.1. The van der Waals surface area contributed by atoms with E-state index in [0.29, 0.717) is 49.3 Å².